The average molecular weight is 150 g/mol. The Morgan fingerprint density at radius 3 is 1.70 bits per heavy atom. The standard InChI is InChI=1S/C6H14O4/c1-6(9-4-7-2)10-5-8-3/h6H,4-5H2,1-3H3. The van der Waals surface area contributed by atoms with Crippen LogP contribution < -0.4 is 0 Å². The van der Waals surface area contributed by atoms with Crippen LogP contribution in [0.1, 0.15) is 6.92 Å². The Kier molecular flexibility index (Phi) is 6.84. The van der Waals surface area contributed by atoms with Crippen molar-refractivity contribution in [2.75, 3.05) is 27.8 Å². The molecule has 0 aliphatic carbocycles. The third-order valence-electron chi connectivity index (χ3n) is 0.841. The number of hydrogen-bond acceptors (Lipinski definition) is 4. The number of hydrogen-bond donors (Lipinski definition) is 0. The van der Waals surface area contributed by atoms with E-state index in [0.29, 0.717) is 0 Å². The maximum Gasteiger partial charge on any atom is 0.160 e. The van der Waals surface area contributed by atoms with Crippen LogP contribution in [-0.2, 0) is 18.9 Å². The Hall–Kier alpha value is -0.160. The van der Waals surface area contributed by atoms with Gasteiger partial charge >= 0.3 is 0 Å². The van der Waals surface area contributed by atoms with Crippen molar-refractivity contribution < 1.29 is 18.9 Å². The molecule has 0 heterocycles. The Balaban J connectivity index is 3.00. The minimum Gasteiger partial charge on any atom is -0.359 e. The molecule has 0 aromatic carbocycles. The van der Waals surface area contributed by atoms with Gasteiger partial charge in [-0.1, -0.05) is 0 Å². The highest BCUT2D eigenvalue weighted by molar-refractivity contribution is 4.23. The first-order valence-electron chi connectivity index (χ1n) is 3.02. The first-order valence-corrected chi connectivity index (χ1v) is 3.02. The lowest BCUT2D eigenvalue weighted by Gasteiger charge is -2.11. The summed E-state index contributed by atoms with van der Waals surface area (Å²) in [5.41, 5.74) is 0. The number of methoxy groups -OCH3 is 2. The van der Waals surface area contributed by atoms with Gasteiger partial charge in [-0.2, -0.15) is 0 Å². The molecule has 0 saturated carbocycles. The minimum atomic E-state index is -0.278. The van der Waals surface area contributed by atoms with Gasteiger partial charge in [0.1, 0.15) is 13.6 Å². The summed E-state index contributed by atoms with van der Waals surface area (Å²) in [6, 6.07) is 0. The van der Waals surface area contributed by atoms with Crippen molar-refractivity contribution >= 4 is 0 Å². The van der Waals surface area contributed by atoms with E-state index < -0.39 is 0 Å². The lowest BCUT2D eigenvalue weighted by atomic mass is 10.8. The minimum absolute atomic E-state index is 0.241. The van der Waals surface area contributed by atoms with Crippen LogP contribution in [0.25, 0.3) is 0 Å². The van der Waals surface area contributed by atoms with Crippen LogP contribution in [0.4, 0.5) is 0 Å². The lowest BCUT2D eigenvalue weighted by molar-refractivity contribution is -0.211. The van der Waals surface area contributed by atoms with Gasteiger partial charge in [-0.3, -0.25) is 0 Å². The Labute approximate surface area is 61.0 Å². The SMILES string of the molecule is COCOC(C)OCOC. The van der Waals surface area contributed by atoms with Crippen molar-refractivity contribution in [1.82, 2.24) is 0 Å². The molecule has 4 heteroatoms. The van der Waals surface area contributed by atoms with E-state index in [0.717, 1.165) is 0 Å². The molecule has 0 rings (SSSR count). The fraction of sp³-hybridized carbons (Fsp3) is 1.00. The van der Waals surface area contributed by atoms with Crippen LogP contribution in [0, 0.1) is 0 Å². The van der Waals surface area contributed by atoms with Crippen molar-refractivity contribution in [3.8, 4) is 0 Å². The molecule has 0 bridgehead atoms. The lowest BCUT2D eigenvalue weighted by Crippen LogP contribution is -2.15. The molecule has 0 aliphatic heterocycles. The zero-order valence-corrected chi connectivity index (χ0v) is 6.62. The van der Waals surface area contributed by atoms with Gasteiger partial charge in [0, 0.05) is 14.2 Å². The molecule has 0 atom stereocenters. The average Bonchev–Trinajstić information content (AvgIpc) is 1.97. The molecule has 0 fully saturated rings. The van der Waals surface area contributed by atoms with Gasteiger partial charge in [-0.25, -0.2) is 0 Å². The van der Waals surface area contributed by atoms with Crippen LogP contribution in [0.5, 0.6) is 0 Å². The smallest absolute Gasteiger partial charge is 0.160 e. The van der Waals surface area contributed by atoms with E-state index in [9.17, 15) is 0 Å². The largest absolute Gasteiger partial charge is 0.359 e. The third kappa shape index (κ3) is 5.97. The highest BCUT2D eigenvalue weighted by atomic mass is 16.8. The molecule has 0 spiro atoms. The molecule has 0 saturated heterocycles. The topological polar surface area (TPSA) is 36.9 Å². The monoisotopic (exact) mass is 150 g/mol. The summed E-state index contributed by atoms with van der Waals surface area (Å²) < 4.78 is 19.2. The number of ether oxygens (including phenoxy) is 4. The molecule has 62 valence electrons. The van der Waals surface area contributed by atoms with Crippen molar-refractivity contribution in [2.24, 2.45) is 0 Å². The van der Waals surface area contributed by atoms with Crippen LogP contribution in [0.2, 0.25) is 0 Å². The molecule has 0 unspecified atom stereocenters. The van der Waals surface area contributed by atoms with Crippen molar-refractivity contribution in [1.29, 1.82) is 0 Å². The summed E-state index contributed by atoms with van der Waals surface area (Å²) in [5.74, 6) is 0. The Morgan fingerprint density at radius 2 is 1.40 bits per heavy atom. The molecule has 0 aliphatic rings. The second-order valence-electron chi connectivity index (χ2n) is 1.71. The quantitative estimate of drug-likeness (QED) is 0.519. The van der Waals surface area contributed by atoms with Crippen molar-refractivity contribution in [3.05, 3.63) is 0 Å². The molecule has 10 heavy (non-hydrogen) atoms. The molecule has 0 aromatic rings. The Bertz CT molecular complexity index is 58.8. The summed E-state index contributed by atoms with van der Waals surface area (Å²) in [4.78, 5) is 0. The summed E-state index contributed by atoms with van der Waals surface area (Å²) >= 11 is 0. The fourth-order valence-corrected chi connectivity index (χ4v) is 0.376. The van der Waals surface area contributed by atoms with Crippen LogP contribution in [0.15, 0.2) is 0 Å². The number of rotatable bonds is 6. The molecular weight excluding hydrogens is 136 g/mol. The zero-order chi connectivity index (χ0) is 7.82. The highest BCUT2D eigenvalue weighted by Crippen LogP contribution is 1.92. The van der Waals surface area contributed by atoms with E-state index in [1.807, 2.05) is 0 Å². The molecule has 0 radical (unpaired) electrons. The van der Waals surface area contributed by atoms with E-state index in [2.05, 4.69) is 9.47 Å². The van der Waals surface area contributed by atoms with E-state index >= 15 is 0 Å². The first-order chi connectivity index (χ1) is 4.81. The predicted molar refractivity (Wildman–Crippen MR) is 35.4 cm³/mol. The van der Waals surface area contributed by atoms with Gasteiger partial charge in [-0.15, -0.1) is 0 Å². The van der Waals surface area contributed by atoms with Gasteiger partial charge < -0.3 is 18.9 Å². The third-order valence-corrected chi connectivity index (χ3v) is 0.841. The van der Waals surface area contributed by atoms with Gasteiger partial charge in [0.25, 0.3) is 0 Å². The second kappa shape index (κ2) is 6.95. The maximum atomic E-state index is 4.97. The van der Waals surface area contributed by atoms with E-state index in [1.54, 1.807) is 21.1 Å². The molecular formula is C6H14O4. The van der Waals surface area contributed by atoms with Crippen LogP contribution in [0.3, 0.4) is 0 Å². The molecule has 4 nitrogen and oxygen atoms in total. The van der Waals surface area contributed by atoms with Gasteiger partial charge in [0.2, 0.25) is 0 Å². The highest BCUT2D eigenvalue weighted by Gasteiger charge is 1.98. The summed E-state index contributed by atoms with van der Waals surface area (Å²) in [5, 5.41) is 0. The summed E-state index contributed by atoms with van der Waals surface area (Å²) in [6.07, 6.45) is -0.278. The molecule has 0 aromatic heterocycles. The van der Waals surface area contributed by atoms with Crippen molar-refractivity contribution in [3.63, 3.8) is 0 Å². The van der Waals surface area contributed by atoms with Gasteiger partial charge in [0.05, 0.1) is 0 Å². The predicted octanol–water partition coefficient (Wildman–Crippen LogP) is 0.573. The summed E-state index contributed by atoms with van der Waals surface area (Å²) in [6.45, 7) is 2.26. The van der Waals surface area contributed by atoms with Gasteiger partial charge in [-0.05, 0) is 6.92 Å². The normalized spacial score (nSPS) is 10.8. The summed E-state index contributed by atoms with van der Waals surface area (Å²) in [7, 11) is 3.12. The van der Waals surface area contributed by atoms with Crippen LogP contribution in [-0.4, -0.2) is 34.1 Å². The Morgan fingerprint density at radius 1 is 1.00 bits per heavy atom. The first kappa shape index (κ1) is 9.84. The fourth-order valence-electron chi connectivity index (χ4n) is 0.376. The van der Waals surface area contributed by atoms with E-state index in [1.165, 1.54) is 0 Å². The molecule has 0 amide bonds. The second-order valence-corrected chi connectivity index (χ2v) is 1.71. The maximum absolute atomic E-state index is 4.97. The zero-order valence-electron chi connectivity index (χ0n) is 6.62. The van der Waals surface area contributed by atoms with Gasteiger partial charge in [0.15, 0.2) is 6.29 Å². The van der Waals surface area contributed by atoms with Crippen LogP contribution >= 0.6 is 0 Å². The van der Waals surface area contributed by atoms with Crippen molar-refractivity contribution in [2.45, 2.75) is 13.2 Å². The molecule has 0 N–H and O–H groups in total. The van der Waals surface area contributed by atoms with E-state index in [4.69, 9.17) is 9.47 Å². The van der Waals surface area contributed by atoms with E-state index in [-0.39, 0.29) is 19.9 Å².